The monoisotopic (exact) mass is 302 g/mol. The Morgan fingerprint density at radius 3 is 3.00 bits per heavy atom. The highest BCUT2D eigenvalue weighted by atomic mass is 16.5. The molecule has 0 saturated carbocycles. The molecule has 0 radical (unpaired) electrons. The molecule has 3 rings (SSSR count). The van der Waals surface area contributed by atoms with Crippen molar-refractivity contribution in [1.29, 1.82) is 0 Å². The van der Waals surface area contributed by atoms with E-state index in [1.165, 1.54) is 36.0 Å². The third kappa shape index (κ3) is 3.50. The Morgan fingerprint density at radius 2 is 2.23 bits per heavy atom. The lowest BCUT2D eigenvalue weighted by atomic mass is 10.0. The van der Waals surface area contributed by atoms with Crippen LogP contribution in [0.4, 0.5) is 0 Å². The lowest BCUT2D eigenvalue weighted by Gasteiger charge is -2.18. The predicted octanol–water partition coefficient (Wildman–Crippen LogP) is 1.60. The Labute approximate surface area is 132 Å². The molecule has 1 aromatic rings. The maximum atomic E-state index is 12.3. The molecule has 120 valence electrons. The standard InChI is InChI=1S/C18H26N2O2/c1-12(20-18(21)17-10-16(22-2)11-19-17)8-13-6-7-14-4-3-5-15(14)9-13/h6-7,9,12,16-17,19H,3-5,8,10-11H2,1-2H3,(H,20,21)/t12-,16+,17-/m1/s1. The summed E-state index contributed by atoms with van der Waals surface area (Å²) in [7, 11) is 1.70. The van der Waals surface area contributed by atoms with Crippen molar-refractivity contribution in [3.05, 3.63) is 34.9 Å². The van der Waals surface area contributed by atoms with E-state index < -0.39 is 0 Å². The molecule has 1 aromatic carbocycles. The van der Waals surface area contributed by atoms with Crippen LogP contribution in [-0.2, 0) is 28.8 Å². The van der Waals surface area contributed by atoms with E-state index in [0.717, 1.165) is 19.4 Å². The first-order chi connectivity index (χ1) is 10.7. The summed E-state index contributed by atoms with van der Waals surface area (Å²) < 4.78 is 5.29. The molecule has 1 aliphatic carbocycles. The van der Waals surface area contributed by atoms with Gasteiger partial charge in [-0.1, -0.05) is 18.2 Å². The Morgan fingerprint density at radius 1 is 1.41 bits per heavy atom. The van der Waals surface area contributed by atoms with Gasteiger partial charge >= 0.3 is 0 Å². The first-order valence-electron chi connectivity index (χ1n) is 8.33. The van der Waals surface area contributed by atoms with Gasteiger partial charge in [0.1, 0.15) is 0 Å². The number of carbonyl (C=O) groups is 1. The molecule has 0 unspecified atom stereocenters. The van der Waals surface area contributed by atoms with Crippen LogP contribution >= 0.6 is 0 Å². The molecule has 1 saturated heterocycles. The number of ether oxygens (including phenoxy) is 1. The van der Waals surface area contributed by atoms with Crippen molar-refractivity contribution in [1.82, 2.24) is 10.6 Å². The number of methoxy groups -OCH3 is 1. The Hall–Kier alpha value is -1.39. The van der Waals surface area contributed by atoms with Gasteiger partial charge in [-0.3, -0.25) is 4.79 Å². The van der Waals surface area contributed by atoms with Gasteiger partial charge in [-0.2, -0.15) is 0 Å². The zero-order valence-electron chi connectivity index (χ0n) is 13.5. The van der Waals surface area contributed by atoms with Crippen LogP contribution in [0, 0.1) is 0 Å². The summed E-state index contributed by atoms with van der Waals surface area (Å²) in [6.45, 7) is 2.83. The summed E-state index contributed by atoms with van der Waals surface area (Å²) in [5.74, 6) is 0.0909. The van der Waals surface area contributed by atoms with Crippen LogP contribution in [0.5, 0.6) is 0 Å². The van der Waals surface area contributed by atoms with Gasteiger partial charge in [0.15, 0.2) is 0 Å². The van der Waals surface area contributed by atoms with Gasteiger partial charge in [0.05, 0.1) is 12.1 Å². The van der Waals surface area contributed by atoms with Crippen LogP contribution in [0.3, 0.4) is 0 Å². The van der Waals surface area contributed by atoms with Crippen LogP contribution in [0.15, 0.2) is 18.2 Å². The van der Waals surface area contributed by atoms with E-state index in [9.17, 15) is 4.79 Å². The summed E-state index contributed by atoms with van der Waals surface area (Å²) in [6, 6.07) is 6.82. The van der Waals surface area contributed by atoms with Crippen molar-refractivity contribution in [3.8, 4) is 0 Å². The molecule has 2 aliphatic rings. The number of carbonyl (C=O) groups excluding carboxylic acids is 1. The minimum Gasteiger partial charge on any atom is -0.380 e. The van der Waals surface area contributed by atoms with E-state index in [0.29, 0.717) is 0 Å². The third-order valence-electron chi connectivity index (χ3n) is 4.83. The molecule has 0 bridgehead atoms. The average molecular weight is 302 g/mol. The zero-order chi connectivity index (χ0) is 15.5. The number of fused-ring (bicyclic) bond motifs is 1. The number of hydrogen-bond donors (Lipinski definition) is 2. The smallest absolute Gasteiger partial charge is 0.237 e. The lowest BCUT2D eigenvalue weighted by Crippen LogP contribution is -2.44. The summed E-state index contributed by atoms with van der Waals surface area (Å²) in [4.78, 5) is 12.3. The highest BCUT2D eigenvalue weighted by Gasteiger charge is 2.29. The van der Waals surface area contributed by atoms with E-state index >= 15 is 0 Å². The van der Waals surface area contributed by atoms with E-state index in [-0.39, 0.29) is 24.1 Å². The van der Waals surface area contributed by atoms with Crippen LogP contribution in [0.2, 0.25) is 0 Å². The lowest BCUT2D eigenvalue weighted by molar-refractivity contribution is -0.123. The molecule has 22 heavy (non-hydrogen) atoms. The fourth-order valence-corrected chi connectivity index (χ4v) is 3.58. The molecule has 0 spiro atoms. The Balaban J connectivity index is 1.52. The molecule has 3 atom stereocenters. The number of rotatable bonds is 5. The number of amides is 1. The molecule has 2 N–H and O–H groups in total. The number of benzene rings is 1. The van der Waals surface area contributed by atoms with Crippen molar-refractivity contribution in [2.75, 3.05) is 13.7 Å². The fourth-order valence-electron chi connectivity index (χ4n) is 3.58. The molecule has 4 nitrogen and oxygen atoms in total. The average Bonchev–Trinajstić information content (AvgIpc) is 3.15. The van der Waals surface area contributed by atoms with E-state index in [1.807, 2.05) is 0 Å². The third-order valence-corrected chi connectivity index (χ3v) is 4.83. The first-order valence-corrected chi connectivity index (χ1v) is 8.33. The summed E-state index contributed by atoms with van der Waals surface area (Å²) in [5, 5.41) is 6.35. The van der Waals surface area contributed by atoms with Crippen molar-refractivity contribution >= 4 is 5.91 Å². The Kier molecular flexibility index (Phi) is 4.79. The van der Waals surface area contributed by atoms with Gasteiger partial charge in [-0.05, 0) is 55.7 Å². The van der Waals surface area contributed by atoms with E-state index in [2.05, 4.69) is 35.8 Å². The molecule has 1 aliphatic heterocycles. The quantitative estimate of drug-likeness (QED) is 0.868. The van der Waals surface area contributed by atoms with Crippen molar-refractivity contribution < 1.29 is 9.53 Å². The van der Waals surface area contributed by atoms with Crippen LogP contribution in [0.1, 0.15) is 36.5 Å². The van der Waals surface area contributed by atoms with Crippen LogP contribution < -0.4 is 10.6 Å². The van der Waals surface area contributed by atoms with Crippen LogP contribution in [0.25, 0.3) is 0 Å². The van der Waals surface area contributed by atoms with Crippen molar-refractivity contribution in [3.63, 3.8) is 0 Å². The Bertz CT molecular complexity index is 544. The minimum absolute atomic E-state index is 0.0909. The summed E-state index contributed by atoms with van der Waals surface area (Å²) in [6.07, 6.45) is 5.50. The van der Waals surface area contributed by atoms with E-state index in [4.69, 9.17) is 4.74 Å². The van der Waals surface area contributed by atoms with Gasteiger partial charge in [0, 0.05) is 19.7 Å². The molecule has 4 heteroatoms. The van der Waals surface area contributed by atoms with E-state index in [1.54, 1.807) is 7.11 Å². The minimum atomic E-state index is -0.118. The zero-order valence-corrected chi connectivity index (χ0v) is 13.5. The summed E-state index contributed by atoms with van der Waals surface area (Å²) in [5.41, 5.74) is 4.32. The highest BCUT2D eigenvalue weighted by molar-refractivity contribution is 5.82. The largest absolute Gasteiger partial charge is 0.380 e. The number of nitrogens with one attached hydrogen (secondary N) is 2. The van der Waals surface area contributed by atoms with Gasteiger partial charge < -0.3 is 15.4 Å². The maximum absolute atomic E-state index is 12.3. The molecule has 1 heterocycles. The van der Waals surface area contributed by atoms with Crippen molar-refractivity contribution in [2.24, 2.45) is 0 Å². The summed E-state index contributed by atoms with van der Waals surface area (Å²) >= 11 is 0. The molecule has 1 amide bonds. The predicted molar refractivity (Wildman–Crippen MR) is 87.0 cm³/mol. The van der Waals surface area contributed by atoms with Crippen molar-refractivity contribution in [2.45, 2.75) is 57.2 Å². The normalized spacial score (nSPS) is 25.0. The van der Waals surface area contributed by atoms with Gasteiger partial charge in [-0.15, -0.1) is 0 Å². The van der Waals surface area contributed by atoms with Gasteiger partial charge in [0.2, 0.25) is 5.91 Å². The van der Waals surface area contributed by atoms with Gasteiger partial charge in [-0.25, -0.2) is 0 Å². The van der Waals surface area contributed by atoms with Crippen LogP contribution in [-0.4, -0.2) is 37.7 Å². The molecular formula is C18H26N2O2. The molecule has 1 fully saturated rings. The molecule has 0 aromatic heterocycles. The number of hydrogen-bond acceptors (Lipinski definition) is 3. The second-order valence-corrected chi connectivity index (χ2v) is 6.62. The van der Waals surface area contributed by atoms with Gasteiger partial charge in [0.25, 0.3) is 0 Å². The second-order valence-electron chi connectivity index (χ2n) is 6.62. The maximum Gasteiger partial charge on any atom is 0.237 e. The molecular weight excluding hydrogens is 276 g/mol. The number of aryl methyl sites for hydroxylation is 2. The first kappa shape index (κ1) is 15.5. The topological polar surface area (TPSA) is 50.4 Å². The SMILES string of the molecule is CO[C@@H]1CN[C@@H](C(=O)N[C@H](C)Cc2ccc3c(c2)CCC3)C1. The fraction of sp³-hybridized carbons (Fsp3) is 0.611. The second kappa shape index (κ2) is 6.80. The highest BCUT2D eigenvalue weighted by Crippen LogP contribution is 2.23.